The van der Waals surface area contributed by atoms with Gasteiger partial charge >= 0.3 is 10.1 Å². The van der Waals surface area contributed by atoms with Crippen LogP contribution >= 0.6 is 35.3 Å². The molecule has 11 heteroatoms. The van der Waals surface area contributed by atoms with E-state index in [1.807, 2.05) is 44.0 Å². The Hall–Kier alpha value is -1.79. The van der Waals surface area contributed by atoms with Crippen molar-refractivity contribution in [2.45, 2.75) is 28.0 Å². The number of amides is 1. The van der Waals surface area contributed by atoms with Gasteiger partial charge < -0.3 is 9.64 Å². The summed E-state index contributed by atoms with van der Waals surface area (Å²) in [6, 6.07) is 12.2. The Labute approximate surface area is 207 Å². The van der Waals surface area contributed by atoms with E-state index in [4.69, 9.17) is 8.92 Å². The third-order valence-corrected chi connectivity index (χ3v) is 10.9. The van der Waals surface area contributed by atoms with Gasteiger partial charge in [-0.2, -0.15) is 8.42 Å². The standard InChI is InChI=1S/C22H24N2O5S4/c1-6-24-20(25)19(21-23(3)17-13-15(28-4)9-12-18(17)31-21)32-22(24,30-5)29-33(26,27)16-10-7-14(2)8-11-16/h7-13H,6H2,1-5H3. The van der Waals surface area contributed by atoms with Crippen LogP contribution in [0.25, 0.3) is 0 Å². The second-order valence-corrected chi connectivity index (χ2v) is 12.3. The molecule has 0 bridgehead atoms. The van der Waals surface area contributed by atoms with Crippen LogP contribution in [0.2, 0.25) is 0 Å². The van der Waals surface area contributed by atoms with Crippen molar-refractivity contribution >= 4 is 57.0 Å². The van der Waals surface area contributed by atoms with Crippen LogP contribution < -0.4 is 9.64 Å². The average molecular weight is 525 g/mol. The molecule has 2 aliphatic heterocycles. The lowest BCUT2D eigenvalue weighted by Gasteiger charge is -2.33. The maximum absolute atomic E-state index is 13.5. The smallest absolute Gasteiger partial charge is 0.300 e. The van der Waals surface area contributed by atoms with E-state index < -0.39 is 14.5 Å². The first-order chi connectivity index (χ1) is 15.7. The summed E-state index contributed by atoms with van der Waals surface area (Å²) in [4.78, 5) is 18.4. The van der Waals surface area contributed by atoms with Crippen LogP contribution in [0.15, 0.2) is 62.2 Å². The molecule has 0 aromatic heterocycles. The van der Waals surface area contributed by atoms with E-state index in [1.54, 1.807) is 25.5 Å². The summed E-state index contributed by atoms with van der Waals surface area (Å²) in [6.45, 7) is 3.98. The van der Waals surface area contributed by atoms with Gasteiger partial charge in [-0.15, -0.1) is 0 Å². The first-order valence-electron chi connectivity index (χ1n) is 10.1. The number of carbonyl (C=O) groups is 1. The molecule has 0 radical (unpaired) electrons. The quantitative estimate of drug-likeness (QED) is 0.304. The number of rotatable bonds is 6. The highest BCUT2D eigenvalue weighted by molar-refractivity contribution is 8.21. The van der Waals surface area contributed by atoms with E-state index in [2.05, 4.69) is 0 Å². The Kier molecular flexibility index (Phi) is 6.71. The summed E-state index contributed by atoms with van der Waals surface area (Å²) >= 11 is 3.78. The summed E-state index contributed by atoms with van der Waals surface area (Å²) in [5.74, 6) is 0.462. The van der Waals surface area contributed by atoms with E-state index in [9.17, 15) is 13.2 Å². The van der Waals surface area contributed by atoms with Crippen molar-refractivity contribution < 1.29 is 22.1 Å². The lowest BCUT2D eigenvalue weighted by Crippen LogP contribution is -2.44. The van der Waals surface area contributed by atoms with Gasteiger partial charge in [-0.3, -0.25) is 9.69 Å². The molecule has 4 rings (SSSR count). The van der Waals surface area contributed by atoms with Crippen molar-refractivity contribution in [2.75, 3.05) is 31.9 Å². The molecule has 1 fully saturated rings. The highest BCUT2D eigenvalue weighted by Gasteiger charge is 2.54. The molecule has 2 aromatic rings. The van der Waals surface area contributed by atoms with Crippen LogP contribution in [-0.2, 0) is 19.1 Å². The number of fused-ring (bicyclic) bond motifs is 1. The Morgan fingerprint density at radius 3 is 2.45 bits per heavy atom. The maximum atomic E-state index is 13.5. The monoisotopic (exact) mass is 524 g/mol. The fourth-order valence-electron chi connectivity index (χ4n) is 3.54. The molecule has 2 heterocycles. The zero-order valence-electron chi connectivity index (χ0n) is 18.8. The van der Waals surface area contributed by atoms with Crippen molar-refractivity contribution in [3.05, 3.63) is 58.0 Å². The number of thioether (sulfide) groups is 3. The third kappa shape index (κ3) is 4.25. The first kappa shape index (κ1) is 24.3. The third-order valence-electron chi connectivity index (χ3n) is 5.33. The van der Waals surface area contributed by atoms with Crippen LogP contribution in [0.4, 0.5) is 5.69 Å². The molecule has 0 saturated carbocycles. The minimum atomic E-state index is -4.12. The van der Waals surface area contributed by atoms with Crippen molar-refractivity contribution in [3.8, 4) is 5.75 Å². The molecule has 0 N–H and O–H groups in total. The molecule has 33 heavy (non-hydrogen) atoms. The number of hydrogen-bond acceptors (Lipinski definition) is 9. The van der Waals surface area contributed by atoms with Gasteiger partial charge in [-0.1, -0.05) is 41.2 Å². The predicted octanol–water partition coefficient (Wildman–Crippen LogP) is 4.69. The number of methoxy groups -OCH3 is 1. The van der Waals surface area contributed by atoms with Gasteiger partial charge in [0.2, 0.25) is 0 Å². The molecular weight excluding hydrogens is 501 g/mol. The van der Waals surface area contributed by atoms with Gasteiger partial charge in [-0.25, -0.2) is 4.18 Å². The molecule has 7 nitrogen and oxygen atoms in total. The molecule has 1 unspecified atom stereocenters. The normalized spacial score (nSPS) is 22.8. The highest BCUT2D eigenvalue weighted by Crippen LogP contribution is 2.57. The van der Waals surface area contributed by atoms with E-state index in [-0.39, 0.29) is 10.8 Å². The van der Waals surface area contributed by atoms with Gasteiger partial charge in [0.05, 0.1) is 22.7 Å². The van der Waals surface area contributed by atoms with Gasteiger partial charge in [0.1, 0.15) is 10.7 Å². The Balaban J connectivity index is 1.73. The van der Waals surface area contributed by atoms with Crippen molar-refractivity contribution in [1.82, 2.24) is 4.90 Å². The first-order valence-corrected chi connectivity index (χ1v) is 14.3. The number of likely N-dealkylation sites (N-methyl/N-ethyl adjacent to an activating group) is 1. The topological polar surface area (TPSA) is 76.2 Å². The number of ether oxygens (including phenoxy) is 1. The fourth-order valence-corrected chi connectivity index (χ4v) is 8.75. The Morgan fingerprint density at radius 2 is 1.85 bits per heavy atom. The summed E-state index contributed by atoms with van der Waals surface area (Å²) < 4.78 is 36.0. The van der Waals surface area contributed by atoms with Crippen LogP contribution in [0.1, 0.15) is 12.5 Å². The molecule has 0 aliphatic carbocycles. The summed E-state index contributed by atoms with van der Waals surface area (Å²) in [7, 11) is -0.625. The average Bonchev–Trinajstić information content (AvgIpc) is 3.26. The minimum Gasteiger partial charge on any atom is -0.497 e. The van der Waals surface area contributed by atoms with Gasteiger partial charge in [-0.05, 0) is 56.1 Å². The van der Waals surface area contributed by atoms with Crippen molar-refractivity contribution in [3.63, 3.8) is 0 Å². The highest BCUT2D eigenvalue weighted by atomic mass is 32.2. The predicted molar refractivity (Wildman–Crippen MR) is 135 cm³/mol. The van der Waals surface area contributed by atoms with Crippen LogP contribution in [0, 0.1) is 6.92 Å². The minimum absolute atomic E-state index is 0.0542. The van der Waals surface area contributed by atoms with Crippen LogP contribution in [0.3, 0.4) is 0 Å². The number of hydrogen-bond donors (Lipinski definition) is 0. The number of benzene rings is 2. The van der Waals surface area contributed by atoms with Gasteiger partial charge in [0.25, 0.3) is 10.3 Å². The molecule has 2 aliphatic rings. The van der Waals surface area contributed by atoms with E-state index in [0.29, 0.717) is 11.4 Å². The zero-order chi connectivity index (χ0) is 24.0. The van der Waals surface area contributed by atoms with E-state index in [1.165, 1.54) is 40.6 Å². The van der Waals surface area contributed by atoms with Crippen LogP contribution in [0.5, 0.6) is 5.75 Å². The number of nitrogens with zero attached hydrogens (tertiary/aromatic N) is 2. The van der Waals surface area contributed by atoms with Crippen molar-refractivity contribution in [1.29, 1.82) is 0 Å². The van der Waals surface area contributed by atoms with E-state index >= 15 is 0 Å². The molecule has 1 saturated heterocycles. The second-order valence-electron chi connectivity index (χ2n) is 7.36. The number of anilines is 1. The SMILES string of the molecule is CCN1C(=O)C(=C2Sc3ccc(OC)cc3N2C)SC1(OS(=O)(=O)c1ccc(C)cc1)SC. The fraction of sp³-hybridized carbons (Fsp3) is 0.318. The maximum Gasteiger partial charge on any atom is 0.300 e. The van der Waals surface area contributed by atoms with E-state index in [0.717, 1.165) is 38.7 Å². The van der Waals surface area contributed by atoms with Crippen molar-refractivity contribution in [2.24, 2.45) is 0 Å². The van der Waals surface area contributed by atoms with Gasteiger partial charge in [0, 0.05) is 24.6 Å². The number of carbonyl (C=O) groups excluding carboxylic acids is 1. The van der Waals surface area contributed by atoms with Gasteiger partial charge in [0.15, 0.2) is 0 Å². The summed E-state index contributed by atoms with van der Waals surface area (Å²) in [5.41, 5.74) is 1.87. The summed E-state index contributed by atoms with van der Waals surface area (Å²) in [5, 5.41) is 0.735. The number of aryl methyl sites for hydroxylation is 1. The second kappa shape index (κ2) is 9.10. The molecular formula is C22H24N2O5S4. The van der Waals surface area contributed by atoms with Crippen LogP contribution in [-0.4, -0.2) is 50.6 Å². The molecule has 1 atom stereocenters. The molecule has 176 valence electrons. The summed E-state index contributed by atoms with van der Waals surface area (Å²) in [6.07, 6.45) is 1.74. The Morgan fingerprint density at radius 1 is 1.15 bits per heavy atom. The lowest BCUT2D eigenvalue weighted by atomic mass is 10.2. The molecule has 1 amide bonds. The zero-order valence-corrected chi connectivity index (χ0v) is 22.1. The largest absolute Gasteiger partial charge is 0.497 e. The lowest BCUT2D eigenvalue weighted by molar-refractivity contribution is -0.130. The molecule has 0 spiro atoms. The Bertz CT molecular complexity index is 1230. The molecule has 2 aromatic carbocycles.